The van der Waals surface area contributed by atoms with E-state index < -0.39 is 6.10 Å². The van der Waals surface area contributed by atoms with Gasteiger partial charge >= 0.3 is 0 Å². The fourth-order valence-electron chi connectivity index (χ4n) is 2.81. The Balaban J connectivity index is 0.00000242. The number of nitrogens with zero attached hydrogens (tertiary/aromatic N) is 1. The number of rotatable bonds is 7. The molecule has 1 atom stereocenters. The number of aliphatic hydroxyl groups excluding tert-OH is 1. The van der Waals surface area contributed by atoms with Gasteiger partial charge in [-0.25, -0.2) is 0 Å². The zero-order valence-corrected chi connectivity index (χ0v) is 14.2. The number of likely N-dealkylation sites (N-methyl/N-ethyl adjacent to an activating group) is 1. The fraction of sp³-hybridized carbons (Fsp3) is 0.368. The van der Waals surface area contributed by atoms with E-state index in [0.29, 0.717) is 6.54 Å². The number of halogens is 1. The van der Waals surface area contributed by atoms with Crippen LogP contribution in [0.4, 0.5) is 0 Å². The quantitative estimate of drug-likeness (QED) is 0.835. The van der Waals surface area contributed by atoms with E-state index in [9.17, 15) is 5.11 Å². The zero-order valence-electron chi connectivity index (χ0n) is 13.4. The second-order valence-corrected chi connectivity index (χ2v) is 5.35. The van der Waals surface area contributed by atoms with E-state index >= 15 is 0 Å². The molecule has 0 amide bonds. The second-order valence-electron chi connectivity index (χ2n) is 5.35. The highest BCUT2D eigenvalue weighted by Gasteiger charge is 2.24. The molecule has 0 aromatic heterocycles. The summed E-state index contributed by atoms with van der Waals surface area (Å²) in [4.78, 5) is 2.27. The van der Waals surface area contributed by atoms with Crippen LogP contribution in [0, 0.1) is 0 Å². The molecular formula is C19H26ClNO. The summed E-state index contributed by atoms with van der Waals surface area (Å²) in [6, 6.07) is 20.6. The zero-order chi connectivity index (χ0) is 15.1. The van der Waals surface area contributed by atoms with Gasteiger partial charge in [0.2, 0.25) is 0 Å². The predicted octanol–water partition coefficient (Wildman–Crippen LogP) is 3.94. The molecule has 0 spiro atoms. The Labute approximate surface area is 140 Å². The summed E-state index contributed by atoms with van der Waals surface area (Å²) in [5.74, 6) is 0.0213. The van der Waals surface area contributed by atoms with Crippen molar-refractivity contribution in [2.24, 2.45) is 0 Å². The Morgan fingerprint density at radius 3 is 1.59 bits per heavy atom. The van der Waals surface area contributed by atoms with Gasteiger partial charge in [0.15, 0.2) is 0 Å². The summed E-state index contributed by atoms with van der Waals surface area (Å²) in [5.41, 5.74) is 2.34. The molecule has 2 nitrogen and oxygen atoms in total. The van der Waals surface area contributed by atoms with Gasteiger partial charge in [0.25, 0.3) is 0 Å². The lowest BCUT2D eigenvalue weighted by atomic mass is 9.86. The largest absolute Gasteiger partial charge is 0.391 e. The first kappa shape index (κ1) is 18.7. The van der Waals surface area contributed by atoms with Crippen LogP contribution in [0.15, 0.2) is 60.7 Å². The average Bonchev–Trinajstić information content (AvgIpc) is 2.55. The van der Waals surface area contributed by atoms with Crippen molar-refractivity contribution in [2.75, 3.05) is 19.6 Å². The van der Waals surface area contributed by atoms with E-state index in [0.717, 1.165) is 13.1 Å². The van der Waals surface area contributed by atoms with Crippen LogP contribution in [0.2, 0.25) is 0 Å². The molecule has 22 heavy (non-hydrogen) atoms. The van der Waals surface area contributed by atoms with Crippen LogP contribution >= 0.6 is 12.4 Å². The number of benzene rings is 2. The van der Waals surface area contributed by atoms with E-state index in [1.165, 1.54) is 11.1 Å². The van der Waals surface area contributed by atoms with Crippen molar-refractivity contribution < 1.29 is 5.11 Å². The minimum atomic E-state index is -0.408. The maximum absolute atomic E-state index is 10.8. The summed E-state index contributed by atoms with van der Waals surface area (Å²) < 4.78 is 0. The summed E-state index contributed by atoms with van der Waals surface area (Å²) >= 11 is 0. The molecule has 0 heterocycles. The van der Waals surface area contributed by atoms with Gasteiger partial charge in [0.05, 0.1) is 6.10 Å². The van der Waals surface area contributed by atoms with E-state index in [2.05, 4.69) is 43.0 Å². The van der Waals surface area contributed by atoms with Gasteiger partial charge in [0.1, 0.15) is 0 Å². The smallest absolute Gasteiger partial charge is 0.0776 e. The molecule has 3 heteroatoms. The Kier molecular flexibility index (Phi) is 8.18. The molecule has 0 radical (unpaired) electrons. The molecule has 2 aromatic rings. The summed E-state index contributed by atoms with van der Waals surface area (Å²) in [6.45, 7) is 6.89. The van der Waals surface area contributed by atoms with Crippen LogP contribution in [-0.2, 0) is 0 Å². The highest BCUT2D eigenvalue weighted by atomic mass is 35.5. The lowest BCUT2D eigenvalue weighted by Crippen LogP contribution is -2.36. The fourth-order valence-corrected chi connectivity index (χ4v) is 2.81. The summed E-state index contributed by atoms with van der Waals surface area (Å²) in [6.07, 6.45) is -0.408. The molecule has 2 aromatic carbocycles. The van der Waals surface area contributed by atoms with Gasteiger partial charge in [-0.15, -0.1) is 12.4 Å². The molecule has 0 aliphatic carbocycles. The van der Waals surface area contributed by atoms with Gasteiger partial charge in [0, 0.05) is 12.5 Å². The molecule has 0 saturated heterocycles. The van der Waals surface area contributed by atoms with E-state index in [4.69, 9.17) is 0 Å². The topological polar surface area (TPSA) is 23.5 Å². The number of aliphatic hydroxyl groups is 1. The maximum Gasteiger partial charge on any atom is 0.0776 e. The lowest BCUT2D eigenvalue weighted by molar-refractivity contribution is 0.104. The Bertz CT molecular complexity index is 474. The van der Waals surface area contributed by atoms with Gasteiger partial charge in [-0.3, -0.25) is 0 Å². The molecule has 0 saturated carbocycles. The lowest BCUT2D eigenvalue weighted by Gasteiger charge is -2.28. The van der Waals surface area contributed by atoms with Gasteiger partial charge in [-0.2, -0.15) is 0 Å². The molecule has 0 bridgehead atoms. The number of hydrogen-bond acceptors (Lipinski definition) is 2. The SMILES string of the molecule is CCN(CC)CC(O)C(c1ccccc1)c1ccccc1.Cl. The third-order valence-electron chi connectivity index (χ3n) is 4.04. The van der Waals surface area contributed by atoms with Crippen molar-refractivity contribution >= 4 is 12.4 Å². The molecule has 1 unspecified atom stereocenters. The molecule has 2 rings (SSSR count). The van der Waals surface area contributed by atoms with Crippen LogP contribution in [0.25, 0.3) is 0 Å². The Morgan fingerprint density at radius 1 is 0.818 bits per heavy atom. The number of hydrogen-bond donors (Lipinski definition) is 1. The molecule has 1 N–H and O–H groups in total. The van der Waals surface area contributed by atoms with Crippen molar-refractivity contribution in [3.8, 4) is 0 Å². The Morgan fingerprint density at radius 2 is 1.23 bits per heavy atom. The average molecular weight is 320 g/mol. The van der Waals surface area contributed by atoms with Gasteiger partial charge in [-0.1, -0.05) is 74.5 Å². The first-order valence-electron chi connectivity index (χ1n) is 7.76. The highest BCUT2D eigenvalue weighted by Crippen LogP contribution is 2.28. The Hall–Kier alpha value is -1.35. The van der Waals surface area contributed by atoms with Crippen molar-refractivity contribution in [1.29, 1.82) is 0 Å². The molecule has 0 aliphatic heterocycles. The van der Waals surface area contributed by atoms with Crippen molar-refractivity contribution in [2.45, 2.75) is 25.9 Å². The van der Waals surface area contributed by atoms with Crippen molar-refractivity contribution in [3.05, 3.63) is 71.8 Å². The maximum atomic E-state index is 10.8. The van der Waals surface area contributed by atoms with Crippen LogP contribution < -0.4 is 0 Å². The van der Waals surface area contributed by atoms with Crippen LogP contribution in [0.1, 0.15) is 30.9 Å². The van der Waals surface area contributed by atoms with Crippen molar-refractivity contribution in [1.82, 2.24) is 4.90 Å². The molecule has 0 fully saturated rings. The van der Waals surface area contributed by atoms with E-state index in [1.807, 2.05) is 36.4 Å². The predicted molar refractivity (Wildman–Crippen MR) is 95.8 cm³/mol. The standard InChI is InChI=1S/C19H25NO.ClH/c1-3-20(4-2)15-18(21)19(16-11-7-5-8-12-16)17-13-9-6-10-14-17;/h5-14,18-19,21H,3-4,15H2,1-2H3;1H. The van der Waals surface area contributed by atoms with Crippen molar-refractivity contribution in [3.63, 3.8) is 0 Å². The van der Waals surface area contributed by atoms with Gasteiger partial charge in [-0.05, 0) is 24.2 Å². The molecule has 0 aliphatic rings. The van der Waals surface area contributed by atoms with Gasteiger partial charge < -0.3 is 10.0 Å². The normalized spacial score (nSPS) is 12.2. The first-order valence-corrected chi connectivity index (χ1v) is 7.76. The van der Waals surface area contributed by atoms with E-state index in [1.54, 1.807) is 0 Å². The molecule has 120 valence electrons. The summed E-state index contributed by atoms with van der Waals surface area (Å²) in [7, 11) is 0. The minimum Gasteiger partial charge on any atom is -0.391 e. The highest BCUT2D eigenvalue weighted by molar-refractivity contribution is 5.85. The monoisotopic (exact) mass is 319 g/mol. The van der Waals surface area contributed by atoms with Crippen LogP contribution in [-0.4, -0.2) is 35.7 Å². The summed E-state index contributed by atoms with van der Waals surface area (Å²) in [5, 5.41) is 10.8. The first-order chi connectivity index (χ1) is 10.3. The third kappa shape index (κ3) is 4.84. The molecular weight excluding hydrogens is 294 g/mol. The minimum absolute atomic E-state index is 0. The third-order valence-corrected chi connectivity index (χ3v) is 4.04. The van der Waals surface area contributed by atoms with Crippen LogP contribution in [0.5, 0.6) is 0 Å². The second kappa shape index (κ2) is 9.62. The van der Waals surface area contributed by atoms with Crippen LogP contribution in [0.3, 0.4) is 0 Å². The van der Waals surface area contributed by atoms with E-state index in [-0.39, 0.29) is 18.3 Å².